The molecule has 1 fully saturated rings. The van der Waals surface area contributed by atoms with Crippen molar-refractivity contribution in [2.75, 3.05) is 5.75 Å². The first-order valence-electron chi connectivity index (χ1n) is 5.00. The Kier molecular flexibility index (Phi) is 4.16. The van der Waals surface area contributed by atoms with Gasteiger partial charge in [0, 0.05) is 0 Å². The number of hydrogen-bond donors (Lipinski definition) is 0. The first-order valence-corrected chi connectivity index (χ1v) is 6.55. The molecule has 4 heteroatoms. The van der Waals surface area contributed by atoms with Crippen molar-refractivity contribution in [2.24, 2.45) is 5.92 Å². The molecule has 13 heavy (non-hydrogen) atoms. The average Bonchev–Trinajstić information content (AvgIpc) is 2.26. The van der Waals surface area contributed by atoms with Gasteiger partial charge in [0.05, 0.1) is 5.75 Å². The molecule has 0 radical (unpaired) electrons. The highest BCUT2D eigenvalue weighted by molar-refractivity contribution is 7.86. The molecule has 0 aromatic rings. The fraction of sp³-hybridized carbons (Fsp3) is 1.00. The van der Waals surface area contributed by atoms with Gasteiger partial charge in [0.1, 0.15) is 0 Å². The van der Waals surface area contributed by atoms with Crippen molar-refractivity contribution < 1.29 is 12.3 Å². The van der Waals surface area contributed by atoms with Crippen molar-refractivity contribution in [3.8, 4) is 0 Å². The zero-order chi connectivity index (χ0) is 9.73. The highest BCUT2D eigenvalue weighted by Gasteiger charge is 2.15. The Morgan fingerprint density at radius 1 is 1.08 bits per heavy atom. The number of hydrogen-bond acceptors (Lipinski definition) is 2. The van der Waals surface area contributed by atoms with E-state index in [0.29, 0.717) is 12.3 Å². The van der Waals surface area contributed by atoms with Crippen LogP contribution in [-0.4, -0.2) is 14.2 Å². The lowest BCUT2D eigenvalue weighted by Crippen LogP contribution is -2.06. The second-order valence-corrected chi connectivity index (χ2v) is 5.38. The van der Waals surface area contributed by atoms with Crippen LogP contribution in [0, 0.1) is 5.92 Å². The summed E-state index contributed by atoms with van der Waals surface area (Å²) in [5.74, 6) is 0.158. The maximum atomic E-state index is 12.2. The van der Waals surface area contributed by atoms with E-state index >= 15 is 0 Å². The maximum absolute atomic E-state index is 12.2. The van der Waals surface area contributed by atoms with Gasteiger partial charge in [-0.05, 0) is 12.3 Å². The van der Waals surface area contributed by atoms with Crippen molar-refractivity contribution in [3.63, 3.8) is 0 Å². The second kappa shape index (κ2) is 4.94. The fourth-order valence-electron chi connectivity index (χ4n) is 1.96. The zero-order valence-electron chi connectivity index (χ0n) is 7.84. The Balaban J connectivity index is 2.27. The van der Waals surface area contributed by atoms with Gasteiger partial charge in [0.2, 0.25) is 0 Å². The molecule has 1 aliphatic rings. The smallest absolute Gasteiger partial charge is 0.195 e. The first-order chi connectivity index (χ1) is 6.08. The first kappa shape index (κ1) is 11.0. The molecule has 1 saturated carbocycles. The lowest BCUT2D eigenvalue weighted by atomic mass is 9.98. The van der Waals surface area contributed by atoms with Gasteiger partial charge < -0.3 is 0 Å². The normalized spacial score (nSPS) is 21.3. The van der Waals surface area contributed by atoms with Crippen LogP contribution in [0.3, 0.4) is 0 Å². The molecule has 0 N–H and O–H groups in total. The van der Waals surface area contributed by atoms with Crippen molar-refractivity contribution in [3.05, 3.63) is 0 Å². The van der Waals surface area contributed by atoms with Crippen LogP contribution in [-0.2, 0) is 10.2 Å². The van der Waals surface area contributed by atoms with Crippen LogP contribution in [0.2, 0.25) is 0 Å². The minimum atomic E-state index is -4.24. The molecule has 0 atom stereocenters. The van der Waals surface area contributed by atoms with Crippen molar-refractivity contribution in [1.82, 2.24) is 0 Å². The van der Waals surface area contributed by atoms with Gasteiger partial charge in [-0.1, -0.05) is 38.5 Å². The third-order valence-corrected chi connectivity index (χ3v) is 3.47. The number of rotatable bonds is 3. The van der Waals surface area contributed by atoms with Crippen LogP contribution in [0.1, 0.15) is 44.9 Å². The van der Waals surface area contributed by atoms with Crippen LogP contribution in [0.4, 0.5) is 3.89 Å². The van der Waals surface area contributed by atoms with E-state index < -0.39 is 10.2 Å². The van der Waals surface area contributed by atoms with Gasteiger partial charge in [-0.25, -0.2) is 0 Å². The Labute approximate surface area is 79.7 Å². The maximum Gasteiger partial charge on any atom is 0.302 e. The highest BCUT2D eigenvalue weighted by atomic mass is 32.3. The summed E-state index contributed by atoms with van der Waals surface area (Å²) in [6.07, 6.45) is 7.52. The summed E-state index contributed by atoms with van der Waals surface area (Å²) in [6, 6.07) is 0. The van der Waals surface area contributed by atoms with E-state index in [9.17, 15) is 12.3 Å². The topological polar surface area (TPSA) is 34.1 Å². The lowest BCUT2D eigenvalue weighted by molar-refractivity contribution is 0.440. The van der Waals surface area contributed by atoms with E-state index in [-0.39, 0.29) is 5.75 Å². The van der Waals surface area contributed by atoms with Crippen LogP contribution < -0.4 is 0 Å². The van der Waals surface area contributed by atoms with Crippen LogP contribution in [0.5, 0.6) is 0 Å². The standard InChI is InChI=1S/C9H17FO2S/c10-13(11,12)8-7-9-5-3-1-2-4-6-9/h9H,1-8H2. The van der Waals surface area contributed by atoms with Crippen LogP contribution in [0.25, 0.3) is 0 Å². The predicted molar refractivity (Wildman–Crippen MR) is 50.7 cm³/mol. The van der Waals surface area contributed by atoms with E-state index in [1.165, 1.54) is 25.7 Å². The van der Waals surface area contributed by atoms with E-state index in [0.717, 1.165) is 12.8 Å². The molecule has 0 heterocycles. The zero-order valence-corrected chi connectivity index (χ0v) is 8.65. The van der Waals surface area contributed by atoms with Gasteiger partial charge in [-0.3, -0.25) is 0 Å². The van der Waals surface area contributed by atoms with Crippen molar-refractivity contribution in [1.29, 1.82) is 0 Å². The molecule has 2 nitrogen and oxygen atoms in total. The summed E-state index contributed by atoms with van der Waals surface area (Å²) in [7, 11) is -4.24. The van der Waals surface area contributed by atoms with Crippen LogP contribution >= 0.6 is 0 Å². The molecule has 0 amide bonds. The molecule has 0 bridgehead atoms. The predicted octanol–water partition coefficient (Wildman–Crippen LogP) is 2.65. The third kappa shape index (κ3) is 5.24. The summed E-state index contributed by atoms with van der Waals surface area (Å²) in [5, 5.41) is 0. The van der Waals surface area contributed by atoms with Gasteiger partial charge in [0.15, 0.2) is 0 Å². The van der Waals surface area contributed by atoms with E-state index in [4.69, 9.17) is 0 Å². The molecule has 0 unspecified atom stereocenters. The third-order valence-electron chi connectivity index (χ3n) is 2.74. The SMILES string of the molecule is O=S(=O)(F)CCC1CCCCCC1. The summed E-state index contributed by atoms with van der Waals surface area (Å²) in [4.78, 5) is 0. The quantitative estimate of drug-likeness (QED) is 0.528. The Bertz CT molecular complexity index is 228. The molecule has 0 aromatic carbocycles. The largest absolute Gasteiger partial charge is 0.302 e. The minimum absolute atomic E-state index is 0.280. The lowest BCUT2D eigenvalue weighted by Gasteiger charge is -2.11. The van der Waals surface area contributed by atoms with Crippen molar-refractivity contribution in [2.45, 2.75) is 44.9 Å². The fourth-order valence-corrected chi connectivity index (χ4v) is 2.57. The molecule has 78 valence electrons. The van der Waals surface area contributed by atoms with E-state index in [1.54, 1.807) is 0 Å². The summed E-state index contributed by atoms with van der Waals surface area (Å²) < 4.78 is 32.8. The molecule has 1 aliphatic carbocycles. The molecule has 1 rings (SSSR count). The van der Waals surface area contributed by atoms with Gasteiger partial charge >= 0.3 is 10.2 Å². The monoisotopic (exact) mass is 208 g/mol. The van der Waals surface area contributed by atoms with E-state index in [1.807, 2.05) is 0 Å². The molecule has 0 aromatic heterocycles. The van der Waals surface area contributed by atoms with Gasteiger partial charge in [-0.15, -0.1) is 3.89 Å². The Hall–Kier alpha value is -0.120. The molecular formula is C9H17FO2S. The molecule has 0 spiro atoms. The van der Waals surface area contributed by atoms with Gasteiger partial charge in [-0.2, -0.15) is 8.42 Å². The minimum Gasteiger partial charge on any atom is -0.195 e. The van der Waals surface area contributed by atoms with Gasteiger partial charge in [0.25, 0.3) is 0 Å². The van der Waals surface area contributed by atoms with Crippen molar-refractivity contribution >= 4 is 10.2 Å². The molecule has 0 aliphatic heterocycles. The summed E-state index contributed by atoms with van der Waals surface area (Å²) in [5.41, 5.74) is 0. The number of halogens is 1. The summed E-state index contributed by atoms with van der Waals surface area (Å²) >= 11 is 0. The average molecular weight is 208 g/mol. The summed E-state index contributed by atoms with van der Waals surface area (Å²) in [6.45, 7) is 0. The van der Waals surface area contributed by atoms with E-state index in [2.05, 4.69) is 0 Å². The highest BCUT2D eigenvalue weighted by Crippen LogP contribution is 2.25. The van der Waals surface area contributed by atoms with Crippen LogP contribution in [0.15, 0.2) is 0 Å². The Morgan fingerprint density at radius 3 is 2.08 bits per heavy atom. The second-order valence-electron chi connectivity index (χ2n) is 3.89. The molecule has 0 saturated heterocycles. The molecular weight excluding hydrogens is 191 g/mol. The Morgan fingerprint density at radius 2 is 1.62 bits per heavy atom.